The highest BCUT2D eigenvalue weighted by Gasteiger charge is 2.07. The van der Waals surface area contributed by atoms with E-state index in [1.165, 1.54) is 11.1 Å². The van der Waals surface area contributed by atoms with E-state index in [4.69, 9.17) is 0 Å². The van der Waals surface area contributed by atoms with Gasteiger partial charge in [0.25, 0.3) is 0 Å². The zero-order valence-electron chi connectivity index (χ0n) is 12.0. The maximum Gasteiger partial charge on any atom is 0.0936 e. The van der Waals surface area contributed by atoms with Crippen LogP contribution < -0.4 is 0 Å². The summed E-state index contributed by atoms with van der Waals surface area (Å²) in [6.07, 6.45) is 0. The van der Waals surface area contributed by atoms with Gasteiger partial charge in [-0.3, -0.25) is 0 Å². The number of aromatic nitrogens is 2. The lowest BCUT2D eigenvalue weighted by Gasteiger charge is -2.08. The van der Waals surface area contributed by atoms with Gasteiger partial charge in [-0.05, 0) is 23.3 Å². The molecule has 0 fully saturated rings. The molecule has 104 valence electrons. The van der Waals surface area contributed by atoms with E-state index in [1.807, 2.05) is 36.4 Å². The van der Waals surface area contributed by atoms with Crippen molar-refractivity contribution in [2.75, 3.05) is 0 Å². The second-order valence-corrected chi connectivity index (χ2v) is 5.20. The fourth-order valence-electron chi connectivity index (χ4n) is 2.68. The molecule has 1 aromatic heterocycles. The topological polar surface area (TPSA) is 25.8 Å². The molecule has 0 saturated heterocycles. The van der Waals surface area contributed by atoms with Crippen LogP contribution in [0.4, 0.5) is 0 Å². The van der Waals surface area contributed by atoms with Crippen LogP contribution in [-0.2, 0) is 0 Å². The van der Waals surface area contributed by atoms with Crippen LogP contribution in [0.15, 0.2) is 84.9 Å². The number of benzene rings is 3. The van der Waals surface area contributed by atoms with Crippen molar-refractivity contribution in [1.29, 1.82) is 0 Å². The molecule has 0 aliphatic carbocycles. The van der Waals surface area contributed by atoms with Gasteiger partial charge in [0.15, 0.2) is 0 Å². The summed E-state index contributed by atoms with van der Waals surface area (Å²) < 4.78 is 0. The predicted molar refractivity (Wildman–Crippen MR) is 90.4 cm³/mol. The quantitative estimate of drug-likeness (QED) is 0.519. The molecular weight excluding hydrogens is 268 g/mol. The van der Waals surface area contributed by atoms with Gasteiger partial charge in [-0.25, -0.2) is 0 Å². The van der Waals surface area contributed by atoms with Crippen LogP contribution in [0.3, 0.4) is 0 Å². The Labute approximate surface area is 129 Å². The number of hydrogen-bond acceptors (Lipinski definition) is 2. The first kappa shape index (κ1) is 12.7. The monoisotopic (exact) mass is 282 g/mol. The molecular formula is C20H14N2. The molecule has 2 heteroatoms. The van der Waals surface area contributed by atoms with Crippen LogP contribution in [0.2, 0.25) is 0 Å². The van der Waals surface area contributed by atoms with Gasteiger partial charge in [0.1, 0.15) is 0 Å². The summed E-state index contributed by atoms with van der Waals surface area (Å²) in [5.74, 6) is 0. The molecule has 0 radical (unpaired) electrons. The van der Waals surface area contributed by atoms with Gasteiger partial charge in [-0.1, -0.05) is 72.8 Å². The van der Waals surface area contributed by atoms with E-state index >= 15 is 0 Å². The molecule has 0 amide bonds. The molecule has 0 bridgehead atoms. The molecule has 4 aromatic rings. The molecule has 3 aromatic carbocycles. The minimum absolute atomic E-state index is 0.900. The van der Waals surface area contributed by atoms with Crippen molar-refractivity contribution in [1.82, 2.24) is 10.2 Å². The third-order valence-electron chi connectivity index (χ3n) is 3.78. The highest BCUT2D eigenvalue weighted by Crippen LogP contribution is 2.29. The summed E-state index contributed by atoms with van der Waals surface area (Å²) in [7, 11) is 0. The molecule has 0 saturated carbocycles. The fraction of sp³-hybridized carbons (Fsp3) is 0. The number of nitrogens with zero attached hydrogens (tertiary/aromatic N) is 2. The maximum atomic E-state index is 4.39. The first-order valence-electron chi connectivity index (χ1n) is 7.29. The van der Waals surface area contributed by atoms with Gasteiger partial charge >= 0.3 is 0 Å². The Bertz CT molecular complexity index is 916. The molecule has 0 unspecified atom stereocenters. The van der Waals surface area contributed by atoms with Gasteiger partial charge < -0.3 is 0 Å². The Hall–Kier alpha value is -3.00. The van der Waals surface area contributed by atoms with Crippen molar-refractivity contribution in [3.63, 3.8) is 0 Å². The molecule has 0 atom stereocenters. The zero-order valence-corrected chi connectivity index (χ0v) is 12.0. The molecule has 0 aliphatic rings. The average Bonchev–Trinajstić information content (AvgIpc) is 2.62. The molecule has 22 heavy (non-hydrogen) atoms. The second-order valence-electron chi connectivity index (χ2n) is 5.20. The zero-order chi connectivity index (χ0) is 14.8. The highest BCUT2D eigenvalue weighted by atomic mass is 15.1. The Kier molecular flexibility index (Phi) is 3.13. The minimum Gasteiger partial charge on any atom is -0.150 e. The van der Waals surface area contributed by atoms with Crippen LogP contribution in [0.1, 0.15) is 0 Å². The van der Waals surface area contributed by atoms with Crippen molar-refractivity contribution in [2.45, 2.75) is 0 Å². The lowest BCUT2D eigenvalue weighted by atomic mass is 10.00. The minimum atomic E-state index is 0.900. The lowest BCUT2D eigenvalue weighted by molar-refractivity contribution is 1.08. The Morgan fingerprint density at radius 3 is 1.95 bits per heavy atom. The molecule has 2 nitrogen and oxygen atoms in total. The van der Waals surface area contributed by atoms with E-state index in [1.54, 1.807) is 0 Å². The third-order valence-corrected chi connectivity index (χ3v) is 3.78. The van der Waals surface area contributed by atoms with E-state index < -0.39 is 0 Å². The van der Waals surface area contributed by atoms with E-state index in [-0.39, 0.29) is 0 Å². The highest BCUT2D eigenvalue weighted by molar-refractivity contribution is 5.95. The van der Waals surface area contributed by atoms with E-state index in [2.05, 4.69) is 58.7 Å². The largest absolute Gasteiger partial charge is 0.150 e. The van der Waals surface area contributed by atoms with Crippen molar-refractivity contribution < 1.29 is 0 Å². The Morgan fingerprint density at radius 1 is 0.545 bits per heavy atom. The first-order valence-corrected chi connectivity index (χ1v) is 7.29. The molecule has 1 heterocycles. The Morgan fingerprint density at radius 2 is 1.23 bits per heavy atom. The van der Waals surface area contributed by atoms with Gasteiger partial charge in [0.2, 0.25) is 0 Å². The second kappa shape index (κ2) is 5.41. The summed E-state index contributed by atoms with van der Waals surface area (Å²) in [5, 5.41) is 9.88. The van der Waals surface area contributed by atoms with Crippen LogP contribution in [0, 0.1) is 0 Å². The summed E-state index contributed by atoms with van der Waals surface area (Å²) in [5.41, 5.74) is 5.28. The van der Waals surface area contributed by atoms with Gasteiger partial charge in [-0.2, -0.15) is 0 Å². The number of rotatable bonds is 2. The standard InChI is InChI=1S/C20H14N2/c1-3-8-15(9-4-1)17-12-7-13-19-18(17)14-20(22-21-19)16-10-5-2-6-11-16/h1-14H. The van der Waals surface area contributed by atoms with E-state index in [9.17, 15) is 0 Å². The van der Waals surface area contributed by atoms with Crippen LogP contribution >= 0.6 is 0 Å². The number of hydrogen-bond donors (Lipinski definition) is 0. The van der Waals surface area contributed by atoms with Gasteiger partial charge in [-0.15, -0.1) is 10.2 Å². The third kappa shape index (κ3) is 2.25. The van der Waals surface area contributed by atoms with Gasteiger partial charge in [0.05, 0.1) is 11.2 Å². The normalized spacial score (nSPS) is 10.7. The van der Waals surface area contributed by atoms with Crippen molar-refractivity contribution in [3.8, 4) is 22.4 Å². The summed E-state index contributed by atoms with van der Waals surface area (Å²) in [4.78, 5) is 0. The molecule has 0 spiro atoms. The smallest absolute Gasteiger partial charge is 0.0936 e. The number of fused-ring (bicyclic) bond motifs is 1. The van der Waals surface area contributed by atoms with Crippen molar-refractivity contribution >= 4 is 10.9 Å². The maximum absolute atomic E-state index is 4.39. The van der Waals surface area contributed by atoms with Crippen LogP contribution in [-0.4, -0.2) is 10.2 Å². The summed E-state index contributed by atoms with van der Waals surface area (Å²) in [6, 6.07) is 28.8. The van der Waals surface area contributed by atoms with Crippen LogP contribution in [0.25, 0.3) is 33.3 Å². The average molecular weight is 282 g/mol. The predicted octanol–water partition coefficient (Wildman–Crippen LogP) is 4.96. The van der Waals surface area contributed by atoms with Crippen molar-refractivity contribution in [2.24, 2.45) is 0 Å². The van der Waals surface area contributed by atoms with Crippen molar-refractivity contribution in [3.05, 3.63) is 84.9 Å². The lowest BCUT2D eigenvalue weighted by Crippen LogP contribution is -1.91. The van der Waals surface area contributed by atoms with Gasteiger partial charge in [0, 0.05) is 10.9 Å². The van der Waals surface area contributed by atoms with E-state index in [0.29, 0.717) is 0 Å². The van der Waals surface area contributed by atoms with E-state index in [0.717, 1.165) is 22.2 Å². The summed E-state index contributed by atoms with van der Waals surface area (Å²) >= 11 is 0. The molecule has 0 aliphatic heterocycles. The van der Waals surface area contributed by atoms with Crippen LogP contribution in [0.5, 0.6) is 0 Å². The fourth-order valence-corrected chi connectivity index (χ4v) is 2.68. The first-order chi connectivity index (χ1) is 10.9. The molecule has 0 N–H and O–H groups in total. The summed E-state index contributed by atoms with van der Waals surface area (Å²) in [6.45, 7) is 0. The Balaban J connectivity index is 1.95. The SMILES string of the molecule is c1ccc(-c2cc3c(-c4ccccc4)cccc3nn2)cc1. The molecule has 4 rings (SSSR count).